The Morgan fingerprint density at radius 1 is 1.59 bits per heavy atom. The van der Waals surface area contributed by atoms with Gasteiger partial charge in [0.2, 0.25) is 0 Å². The summed E-state index contributed by atoms with van der Waals surface area (Å²) in [7, 11) is 1.60. The topological polar surface area (TPSA) is 63.2 Å². The maximum atomic E-state index is 12.6. The van der Waals surface area contributed by atoms with Crippen molar-refractivity contribution >= 4 is 5.91 Å². The average Bonchev–Trinajstić information content (AvgIpc) is 2.77. The Hall–Kier alpha value is -1.53. The van der Waals surface area contributed by atoms with Gasteiger partial charge in [-0.1, -0.05) is 0 Å². The van der Waals surface area contributed by atoms with Crippen LogP contribution in [0.3, 0.4) is 0 Å². The lowest BCUT2D eigenvalue weighted by Gasteiger charge is -2.18. The molecule has 1 saturated heterocycles. The summed E-state index contributed by atoms with van der Waals surface area (Å²) in [4.78, 5) is 15.5. The summed E-state index contributed by atoms with van der Waals surface area (Å²) >= 11 is 0. The van der Waals surface area contributed by atoms with Crippen LogP contribution < -0.4 is 10.6 Å². The van der Waals surface area contributed by atoms with E-state index in [0.29, 0.717) is 13.1 Å². The Morgan fingerprint density at radius 2 is 2.41 bits per heavy atom. The summed E-state index contributed by atoms with van der Waals surface area (Å²) in [5, 5.41) is 5.92. The number of hydrogen-bond acceptors (Lipinski definition) is 4. The van der Waals surface area contributed by atoms with Crippen molar-refractivity contribution in [1.82, 2.24) is 15.6 Å². The second-order valence-corrected chi connectivity index (χ2v) is 3.87. The number of aromatic nitrogens is 1. The molecule has 2 N–H and O–H groups in total. The Bertz CT molecular complexity index is 396. The molecule has 5 nitrogen and oxygen atoms in total. The highest BCUT2D eigenvalue weighted by Gasteiger charge is 2.28. The van der Waals surface area contributed by atoms with Crippen molar-refractivity contribution in [3.05, 3.63) is 29.8 Å². The number of halogens is 1. The van der Waals surface area contributed by atoms with Crippen molar-refractivity contribution in [2.45, 2.75) is 12.1 Å². The third-order valence-corrected chi connectivity index (χ3v) is 2.74. The fourth-order valence-corrected chi connectivity index (χ4v) is 1.80. The van der Waals surface area contributed by atoms with Crippen molar-refractivity contribution in [3.63, 3.8) is 0 Å². The predicted molar refractivity (Wildman–Crippen MR) is 59.1 cm³/mol. The molecule has 1 amide bonds. The first-order valence-electron chi connectivity index (χ1n) is 5.36. The largest absolute Gasteiger partial charge is 0.378 e. The summed E-state index contributed by atoms with van der Waals surface area (Å²) in [5.74, 6) is -0.778. The molecule has 1 fully saturated rings. The van der Waals surface area contributed by atoms with E-state index in [1.807, 2.05) is 0 Å². The van der Waals surface area contributed by atoms with Gasteiger partial charge in [0, 0.05) is 20.2 Å². The maximum Gasteiger partial charge on any atom is 0.270 e. The van der Waals surface area contributed by atoms with E-state index in [1.165, 1.54) is 12.1 Å². The summed E-state index contributed by atoms with van der Waals surface area (Å²) < 4.78 is 17.9. The number of nitrogens with zero attached hydrogens (tertiary/aromatic N) is 1. The molecule has 0 aromatic carbocycles. The van der Waals surface area contributed by atoms with E-state index in [1.54, 1.807) is 7.11 Å². The predicted octanol–water partition coefficient (Wildman–Crippen LogP) is -0.0627. The molecule has 1 unspecified atom stereocenters. The summed E-state index contributed by atoms with van der Waals surface area (Å²) in [6.45, 7) is 1.36. The highest BCUT2D eigenvalue weighted by atomic mass is 19.1. The van der Waals surface area contributed by atoms with Crippen LogP contribution in [0.1, 0.15) is 10.5 Å². The van der Waals surface area contributed by atoms with E-state index in [2.05, 4.69) is 15.6 Å². The molecule has 1 aromatic rings. The van der Waals surface area contributed by atoms with Gasteiger partial charge in [0.05, 0.1) is 18.3 Å². The molecule has 2 heterocycles. The van der Waals surface area contributed by atoms with Gasteiger partial charge in [0.25, 0.3) is 5.91 Å². The van der Waals surface area contributed by atoms with Crippen molar-refractivity contribution in [3.8, 4) is 0 Å². The average molecular weight is 239 g/mol. The van der Waals surface area contributed by atoms with Gasteiger partial charge >= 0.3 is 0 Å². The van der Waals surface area contributed by atoms with Gasteiger partial charge in [0.1, 0.15) is 11.5 Å². The van der Waals surface area contributed by atoms with E-state index in [4.69, 9.17) is 4.74 Å². The van der Waals surface area contributed by atoms with Crippen LogP contribution in [-0.2, 0) is 4.74 Å². The van der Waals surface area contributed by atoms with E-state index >= 15 is 0 Å². The first kappa shape index (κ1) is 11.9. The Balaban J connectivity index is 1.99. The quantitative estimate of drug-likeness (QED) is 0.775. The van der Waals surface area contributed by atoms with E-state index in [-0.39, 0.29) is 23.7 Å². The number of amides is 1. The lowest BCUT2D eigenvalue weighted by Crippen LogP contribution is -2.43. The van der Waals surface area contributed by atoms with E-state index in [9.17, 15) is 9.18 Å². The molecule has 1 aliphatic rings. The van der Waals surface area contributed by atoms with Gasteiger partial charge in [-0.25, -0.2) is 9.37 Å². The maximum absolute atomic E-state index is 12.6. The van der Waals surface area contributed by atoms with Crippen LogP contribution >= 0.6 is 0 Å². The molecule has 0 radical (unpaired) electrons. The van der Waals surface area contributed by atoms with Gasteiger partial charge in [0.15, 0.2) is 0 Å². The van der Waals surface area contributed by atoms with Crippen LogP contribution in [0.15, 0.2) is 18.3 Å². The summed E-state index contributed by atoms with van der Waals surface area (Å²) in [5.41, 5.74) is 0.202. The van der Waals surface area contributed by atoms with Gasteiger partial charge in [-0.2, -0.15) is 0 Å². The van der Waals surface area contributed by atoms with Crippen molar-refractivity contribution in [1.29, 1.82) is 0 Å². The van der Waals surface area contributed by atoms with Crippen LogP contribution in [0.2, 0.25) is 0 Å². The van der Waals surface area contributed by atoms with Crippen molar-refractivity contribution < 1.29 is 13.9 Å². The number of hydrogen-bond donors (Lipinski definition) is 2. The van der Waals surface area contributed by atoms with Crippen LogP contribution in [0.5, 0.6) is 0 Å². The Morgan fingerprint density at radius 3 is 3.06 bits per heavy atom. The smallest absolute Gasteiger partial charge is 0.270 e. The minimum atomic E-state index is -0.459. The molecule has 1 aliphatic heterocycles. The molecule has 92 valence electrons. The van der Waals surface area contributed by atoms with E-state index < -0.39 is 5.82 Å². The zero-order valence-electron chi connectivity index (χ0n) is 9.44. The van der Waals surface area contributed by atoms with Crippen LogP contribution in [0, 0.1) is 5.82 Å². The summed E-state index contributed by atoms with van der Waals surface area (Å²) in [6.07, 6.45) is 0.981. The fraction of sp³-hybridized carbons (Fsp3) is 0.455. The highest BCUT2D eigenvalue weighted by molar-refractivity contribution is 5.92. The van der Waals surface area contributed by atoms with Gasteiger partial charge in [-0.3, -0.25) is 4.79 Å². The molecular formula is C11H14FN3O2. The SMILES string of the molecule is CO[C@H]1CNCC1NC(=O)c1ccc(F)cn1. The summed E-state index contributed by atoms with van der Waals surface area (Å²) in [6, 6.07) is 2.48. The molecule has 17 heavy (non-hydrogen) atoms. The zero-order chi connectivity index (χ0) is 12.3. The van der Waals surface area contributed by atoms with Crippen molar-refractivity contribution in [2.75, 3.05) is 20.2 Å². The second kappa shape index (κ2) is 5.20. The normalized spacial score (nSPS) is 23.6. The highest BCUT2D eigenvalue weighted by Crippen LogP contribution is 2.05. The lowest BCUT2D eigenvalue weighted by atomic mass is 10.2. The third kappa shape index (κ3) is 2.78. The molecule has 6 heteroatoms. The molecule has 2 rings (SSSR count). The first-order valence-corrected chi connectivity index (χ1v) is 5.36. The number of pyridine rings is 1. The van der Waals surface area contributed by atoms with Gasteiger partial charge < -0.3 is 15.4 Å². The molecule has 1 aromatic heterocycles. The number of rotatable bonds is 3. The van der Waals surface area contributed by atoms with Crippen LogP contribution in [0.25, 0.3) is 0 Å². The number of carbonyl (C=O) groups is 1. The Labute approximate surface area is 98.4 Å². The van der Waals surface area contributed by atoms with Gasteiger partial charge in [-0.05, 0) is 12.1 Å². The molecule has 0 aliphatic carbocycles. The molecule has 2 atom stereocenters. The second-order valence-electron chi connectivity index (χ2n) is 3.87. The van der Waals surface area contributed by atoms with E-state index in [0.717, 1.165) is 6.20 Å². The molecular weight excluding hydrogens is 225 g/mol. The van der Waals surface area contributed by atoms with Crippen LogP contribution in [-0.4, -0.2) is 43.2 Å². The molecule has 0 saturated carbocycles. The number of nitrogens with one attached hydrogen (secondary N) is 2. The first-order chi connectivity index (χ1) is 8.20. The monoisotopic (exact) mass is 239 g/mol. The molecule has 0 bridgehead atoms. The number of carbonyl (C=O) groups excluding carboxylic acids is 1. The number of methoxy groups -OCH3 is 1. The fourth-order valence-electron chi connectivity index (χ4n) is 1.80. The Kier molecular flexibility index (Phi) is 3.65. The molecule has 0 spiro atoms. The standard InChI is InChI=1S/C11H14FN3O2/c1-17-10-6-13-5-9(10)15-11(16)8-3-2-7(12)4-14-8/h2-4,9-10,13H,5-6H2,1H3,(H,15,16)/t9?,10-/m0/s1. The van der Waals surface area contributed by atoms with Crippen LogP contribution in [0.4, 0.5) is 4.39 Å². The number of ether oxygens (including phenoxy) is 1. The lowest BCUT2D eigenvalue weighted by molar-refractivity contribution is 0.0776. The minimum Gasteiger partial charge on any atom is -0.378 e. The minimum absolute atomic E-state index is 0.0422. The third-order valence-electron chi connectivity index (χ3n) is 2.74. The van der Waals surface area contributed by atoms with Crippen molar-refractivity contribution in [2.24, 2.45) is 0 Å². The van der Waals surface area contributed by atoms with Gasteiger partial charge in [-0.15, -0.1) is 0 Å². The zero-order valence-corrected chi connectivity index (χ0v) is 9.44.